The summed E-state index contributed by atoms with van der Waals surface area (Å²) in [6, 6.07) is 12.6. The van der Waals surface area contributed by atoms with Crippen LogP contribution in [0.1, 0.15) is 31.9 Å². The lowest BCUT2D eigenvalue weighted by atomic mass is 10.1. The summed E-state index contributed by atoms with van der Waals surface area (Å²) in [5, 5.41) is 13.6. The lowest BCUT2D eigenvalue weighted by Gasteiger charge is -2.13. The molecule has 3 N–H and O–H groups in total. The minimum absolute atomic E-state index is 0.0891. The summed E-state index contributed by atoms with van der Waals surface area (Å²) >= 11 is 1.10. The Labute approximate surface area is 196 Å². The third kappa shape index (κ3) is 6.07. The van der Waals surface area contributed by atoms with Crippen molar-refractivity contribution in [1.29, 1.82) is 0 Å². The molecule has 0 saturated carbocycles. The first-order chi connectivity index (χ1) is 15.7. The fraction of sp³-hybridized carbons (Fsp3) is 0.292. The van der Waals surface area contributed by atoms with Crippen LogP contribution >= 0.6 is 11.8 Å². The predicted molar refractivity (Wildman–Crippen MR) is 131 cm³/mol. The summed E-state index contributed by atoms with van der Waals surface area (Å²) in [4.78, 5) is 40.1. The van der Waals surface area contributed by atoms with Crippen molar-refractivity contribution in [3.05, 3.63) is 63.9 Å². The molecule has 172 valence electrons. The van der Waals surface area contributed by atoms with E-state index in [2.05, 4.69) is 25.8 Å². The van der Waals surface area contributed by atoms with Crippen molar-refractivity contribution >= 4 is 35.0 Å². The summed E-state index contributed by atoms with van der Waals surface area (Å²) in [7, 11) is 0. The first kappa shape index (κ1) is 24.2. The Kier molecular flexibility index (Phi) is 7.65. The van der Waals surface area contributed by atoms with Gasteiger partial charge in [0.15, 0.2) is 10.9 Å². The molecular weight excluding hydrogens is 438 g/mol. The smallest absolute Gasteiger partial charge is 0.278 e. The van der Waals surface area contributed by atoms with E-state index in [9.17, 15) is 14.4 Å². The second kappa shape index (κ2) is 10.4. The number of anilines is 2. The Hall–Kier alpha value is -3.46. The van der Waals surface area contributed by atoms with Crippen LogP contribution in [-0.4, -0.2) is 32.2 Å². The number of rotatable bonds is 7. The van der Waals surface area contributed by atoms with Gasteiger partial charge in [0.25, 0.3) is 5.56 Å². The largest absolute Gasteiger partial charge is 0.325 e. The van der Waals surface area contributed by atoms with E-state index in [1.54, 1.807) is 45.0 Å². The fourth-order valence-electron chi connectivity index (χ4n) is 2.91. The number of benzene rings is 2. The van der Waals surface area contributed by atoms with Gasteiger partial charge < -0.3 is 10.6 Å². The molecule has 0 aliphatic heterocycles. The number of para-hydroxylation sites is 1. The number of aryl methyl sites for hydroxylation is 2. The highest BCUT2D eigenvalue weighted by Crippen LogP contribution is 2.25. The Morgan fingerprint density at radius 3 is 2.33 bits per heavy atom. The summed E-state index contributed by atoms with van der Waals surface area (Å²) < 4.78 is 0. The van der Waals surface area contributed by atoms with E-state index in [0.29, 0.717) is 16.9 Å². The van der Waals surface area contributed by atoms with E-state index in [1.807, 2.05) is 32.0 Å². The van der Waals surface area contributed by atoms with Crippen molar-refractivity contribution < 1.29 is 9.59 Å². The quantitative estimate of drug-likeness (QED) is 0.451. The summed E-state index contributed by atoms with van der Waals surface area (Å²) in [6.07, 6.45) is 0. The maximum Gasteiger partial charge on any atom is 0.278 e. The highest BCUT2D eigenvalue weighted by molar-refractivity contribution is 8.00. The van der Waals surface area contributed by atoms with Gasteiger partial charge in [-0.3, -0.25) is 19.4 Å². The van der Waals surface area contributed by atoms with Gasteiger partial charge >= 0.3 is 0 Å². The Morgan fingerprint density at radius 1 is 0.939 bits per heavy atom. The van der Waals surface area contributed by atoms with Crippen LogP contribution in [0.3, 0.4) is 0 Å². The highest BCUT2D eigenvalue weighted by Gasteiger charge is 2.19. The SMILES string of the molecule is Cc1ccc(NC(=O)[C@@H](C)Sc2nnc(-c3ccccc3NC(=O)C(C)C)c(=O)[nH]2)cc1C. The monoisotopic (exact) mass is 465 g/mol. The molecule has 8 nitrogen and oxygen atoms in total. The van der Waals surface area contributed by atoms with Gasteiger partial charge in [0.1, 0.15) is 0 Å². The second-order valence-electron chi connectivity index (χ2n) is 8.05. The van der Waals surface area contributed by atoms with E-state index in [-0.39, 0.29) is 28.6 Å². The van der Waals surface area contributed by atoms with Gasteiger partial charge in [-0.25, -0.2) is 0 Å². The van der Waals surface area contributed by atoms with Crippen LogP contribution in [0.2, 0.25) is 0 Å². The van der Waals surface area contributed by atoms with Gasteiger partial charge in [0.2, 0.25) is 11.8 Å². The second-order valence-corrected chi connectivity index (χ2v) is 9.38. The number of carbonyl (C=O) groups is 2. The lowest BCUT2D eigenvalue weighted by Crippen LogP contribution is -2.24. The predicted octanol–water partition coefficient (Wildman–Crippen LogP) is 4.16. The van der Waals surface area contributed by atoms with Crippen LogP contribution in [0.15, 0.2) is 52.4 Å². The highest BCUT2D eigenvalue weighted by atomic mass is 32.2. The molecule has 0 aliphatic rings. The Balaban J connectivity index is 1.75. The van der Waals surface area contributed by atoms with Gasteiger partial charge in [-0.2, -0.15) is 0 Å². The molecule has 3 rings (SSSR count). The minimum atomic E-state index is -0.514. The molecule has 1 atom stereocenters. The molecule has 9 heteroatoms. The molecule has 2 aromatic carbocycles. The minimum Gasteiger partial charge on any atom is -0.325 e. The maximum absolute atomic E-state index is 12.7. The molecule has 33 heavy (non-hydrogen) atoms. The van der Waals surface area contributed by atoms with Crippen molar-refractivity contribution in [1.82, 2.24) is 15.2 Å². The normalized spacial score (nSPS) is 11.8. The molecule has 0 unspecified atom stereocenters. The molecule has 1 heterocycles. The molecule has 0 bridgehead atoms. The number of aromatic nitrogens is 3. The van der Waals surface area contributed by atoms with Crippen molar-refractivity contribution in [3.63, 3.8) is 0 Å². The molecule has 0 aliphatic carbocycles. The first-order valence-electron chi connectivity index (χ1n) is 10.6. The number of hydrogen-bond donors (Lipinski definition) is 3. The van der Waals surface area contributed by atoms with E-state index in [1.165, 1.54) is 0 Å². The van der Waals surface area contributed by atoms with Crippen molar-refractivity contribution in [2.24, 2.45) is 5.92 Å². The van der Waals surface area contributed by atoms with Gasteiger partial charge in [-0.05, 0) is 50.1 Å². The zero-order valence-electron chi connectivity index (χ0n) is 19.2. The van der Waals surface area contributed by atoms with E-state index in [0.717, 1.165) is 22.9 Å². The number of thioether (sulfide) groups is 1. The number of amides is 2. The molecular formula is C24H27N5O3S. The lowest BCUT2D eigenvalue weighted by molar-refractivity contribution is -0.119. The summed E-state index contributed by atoms with van der Waals surface area (Å²) in [6.45, 7) is 9.29. The molecule has 2 amide bonds. The molecule has 0 spiro atoms. The van der Waals surface area contributed by atoms with Gasteiger partial charge in [-0.15, -0.1) is 10.2 Å². The maximum atomic E-state index is 12.7. The number of H-pyrrole nitrogens is 1. The summed E-state index contributed by atoms with van der Waals surface area (Å²) in [5.74, 6) is -0.586. The van der Waals surface area contributed by atoms with Crippen molar-refractivity contribution in [3.8, 4) is 11.3 Å². The van der Waals surface area contributed by atoms with Crippen LogP contribution in [0, 0.1) is 19.8 Å². The first-order valence-corrected chi connectivity index (χ1v) is 11.5. The van der Waals surface area contributed by atoms with Crippen LogP contribution < -0.4 is 16.2 Å². The third-order valence-corrected chi connectivity index (χ3v) is 6.05. The Bertz CT molecular complexity index is 1240. The third-order valence-electron chi connectivity index (χ3n) is 5.07. The van der Waals surface area contributed by atoms with Gasteiger partial charge in [0, 0.05) is 17.2 Å². The van der Waals surface area contributed by atoms with E-state index >= 15 is 0 Å². The van der Waals surface area contributed by atoms with E-state index < -0.39 is 10.8 Å². The summed E-state index contributed by atoms with van der Waals surface area (Å²) in [5.41, 5.74) is 3.53. The molecule has 0 radical (unpaired) electrons. The van der Waals surface area contributed by atoms with Crippen LogP contribution in [0.25, 0.3) is 11.3 Å². The van der Waals surface area contributed by atoms with Crippen LogP contribution in [0.5, 0.6) is 0 Å². The Morgan fingerprint density at radius 2 is 1.67 bits per heavy atom. The standard InChI is InChI=1S/C24H27N5O3S/c1-13(2)21(30)26-19-9-7-6-8-18(19)20-23(32)27-24(29-28-20)33-16(5)22(31)25-17-11-10-14(3)15(4)12-17/h6-13,16H,1-5H3,(H,25,31)(H,26,30)(H,27,29,32)/t16-/m1/s1. The van der Waals surface area contributed by atoms with Gasteiger partial charge in [-0.1, -0.05) is 49.9 Å². The molecule has 0 fully saturated rings. The zero-order valence-corrected chi connectivity index (χ0v) is 20.0. The zero-order chi connectivity index (χ0) is 24.1. The topological polar surface area (TPSA) is 117 Å². The van der Waals surface area contributed by atoms with Crippen LogP contribution in [-0.2, 0) is 9.59 Å². The van der Waals surface area contributed by atoms with E-state index in [4.69, 9.17) is 0 Å². The average Bonchev–Trinajstić information content (AvgIpc) is 2.77. The average molecular weight is 466 g/mol. The molecule has 3 aromatic rings. The fourth-order valence-corrected chi connectivity index (χ4v) is 3.65. The van der Waals surface area contributed by atoms with Crippen molar-refractivity contribution in [2.45, 2.75) is 45.0 Å². The number of nitrogens with one attached hydrogen (secondary N) is 3. The van der Waals surface area contributed by atoms with Crippen LogP contribution in [0.4, 0.5) is 11.4 Å². The number of aromatic amines is 1. The number of hydrogen-bond acceptors (Lipinski definition) is 6. The van der Waals surface area contributed by atoms with Crippen molar-refractivity contribution in [2.75, 3.05) is 10.6 Å². The molecule has 0 saturated heterocycles. The number of carbonyl (C=O) groups excluding carboxylic acids is 2. The number of nitrogens with zero attached hydrogens (tertiary/aromatic N) is 2. The molecule has 1 aromatic heterocycles. The van der Waals surface area contributed by atoms with Gasteiger partial charge in [0.05, 0.1) is 10.9 Å².